The average molecular weight is 299 g/mol. The molecule has 0 aliphatic carbocycles. The standard InChI is InChI=1S/C17H15F2N3/c18-14-4-5-15(16(19)9-14)17-21-6-7-22(17)11-13-3-1-2-12(8-13)10-20/h1-9H,10-11,20H2. The highest BCUT2D eigenvalue weighted by molar-refractivity contribution is 5.56. The third-order valence-corrected chi connectivity index (χ3v) is 3.47. The summed E-state index contributed by atoms with van der Waals surface area (Å²) < 4.78 is 28.8. The number of rotatable bonds is 4. The average Bonchev–Trinajstić information content (AvgIpc) is 2.95. The minimum atomic E-state index is -0.622. The third-order valence-electron chi connectivity index (χ3n) is 3.47. The molecular formula is C17H15F2N3. The summed E-state index contributed by atoms with van der Waals surface area (Å²) in [5.41, 5.74) is 8.00. The highest BCUT2D eigenvalue weighted by Crippen LogP contribution is 2.23. The molecule has 0 spiro atoms. The summed E-state index contributed by atoms with van der Waals surface area (Å²) in [4.78, 5) is 4.19. The summed E-state index contributed by atoms with van der Waals surface area (Å²) in [6, 6.07) is 11.4. The van der Waals surface area contributed by atoms with Crippen molar-refractivity contribution in [3.05, 3.63) is 77.6 Å². The fourth-order valence-corrected chi connectivity index (χ4v) is 2.40. The van der Waals surface area contributed by atoms with Crippen molar-refractivity contribution < 1.29 is 8.78 Å². The van der Waals surface area contributed by atoms with Gasteiger partial charge in [-0.3, -0.25) is 0 Å². The molecule has 2 N–H and O–H groups in total. The Bertz CT molecular complexity index is 796. The zero-order chi connectivity index (χ0) is 15.5. The molecule has 0 amide bonds. The van der Waals surface area contributed by atoms with E-state index < -0.39 is 11.6 Å². The molecule has 0 atom stereocenters. The Balaban J connectivity index is 1.95. The summed E-state index contributed by atoms with van der Waals surface area (Å²) in [7, 11) is 0. The van der Waals surface area contributed by atoms with Crippen LogP contribution in [0.4, 0.5) is 8.78 Å². The molecule has 1 heterocycles. The molecule has 3 aromatic rings. The first-order valence-corrected chi connectivity index (χ1v) is 6.92. The van der Waals surface area contributed by atoms with Crippen LogP contribution in [-0.4, -0.2) is 9.55 Å². The number of nitrogens with two attached hydrogens (primary N) is 1. The fraction of sp³-hybridized carbons (Fsp3) is 0.118. The molecule has 0 radical (unpaired) electrons. The lowest BCUT2D eigenvalue weighted by Crippen LogP contribution is -2.04. The second kappa shape index (κ2) is 6.07. The Morgan fingerprint density at radius 3 is 2.64 bits per heavy atom. The first-order chi connectivity index (χ1) is 10.7. The Labute approximate surface area is 127 Å². The van der Waals surface area contributed by atoms with Crippen LogP contribution in [0.1, 0.15) is 11.1 Å². The number of nitrogens with zero attached hydrogens (tertiary/aromatic N) is 2. The zero-order valence-electron chi connectivity index (χ0n) is 11.8. The number of aromatic nitrogens is 2. The number of halogens is 2. The van der Waals surface area contributed by atoms with Crippen LogP contribution >= 0.6 is 0 Å². The van der Waals surface area contributed by atoms with E-state index in [0.29, 0.717) is 18.9 Å². The second-order valence-electron chi connectivity index (χ2n) is 5.03. The van der Waals surface area contributed by atoms with Gasteiger partial charge in [-0.05, 0) is 23.3 Å². The van der Waals surface area contributed by atoms with E-state index >= 15 is 0 Å². The smallest absolute Gasteiger partial charge is 0.143 e. The van der Waals surface area contributed by atoms with Crippen molar-refractivity contribution in [1.82, 2.24) is 9.55 Å². The molecular weight excluding hydrogens is 284 g/mol. The van der Waals surface area contributed by atoms with E-state index in [9.17, 15) is 8.78 Å². The molecule has 3 rings (SSSR count). The van der Waals surface area contributed by atoms with Crippen molar-refractivity contribution in [3.63, 3.8) is 0 Å². The van der Waals surface area contributed by atoms with Crippen LogP contribution < -0.4 is 5.73 Å². The van der Waals surface area contributed by atoms with E-state index in [2.05, 4.69) is 4.98 Å². The fourth-order valence-electron chi connectivity index (χ4n) is 2.40. The Morgan fingerprint density at radius 2 is 1.86 bits per heavy atom. The summed E-state index contributed by atoms with van der Waals surface area (Å²) in [5.74, 6) is -0.756. The van der Waals surface area contributed by atoms with Crippen LogP contribution in [0.25, 0.3) is 11.4 Å². The molecule has 1 aromatic heterocycles. The third kappa shape index (κ3) is 2.89. The predicted molar refractivity (Wildman–Crippen MR) is 81.0 cm³/mol. The molecule has 5 heteroatoms. The first-order valence-electron chi connectivity index (χ1n) is 6.92. The lowest BCUT2D eigenvalue weighted by Gasteiger charge is -2.10. The van der Waals surface area contributed by atoms with Crippen LogP contribution in [0.5, 0.6) is 0 Å². The first kappa shape index (κ1) is 14.4. The summed E-state index contributed by atoms with van der Waals surface area (Å²) in [5, 5.41) is 0. The van der Waals surface area contributed by atoms with Crippen molar-refractivity contribution in [2.24, 2.45) is 5.73 Å². The lowest BCUT2D eigenvalue weighted by molar-refractivity contribution is 0.584. The Hall–Kier alpha value is -2.53. The molecule has 0 saturated carbocycles. The largest absolute Gasteiger partial charge is 0.326 e. The van der Waals surface area contributed by atoms with Gasteiger partial charge in [-0.25, -0.2) is 13.8 Å². The van der Waals surface area contributed by atoms with E-state index in [1.54, 1.807) is 12.4 Å². The van der Waals surface area contributed by atoms with E-state index in [1.807, 2.05) is 28.8 Å². The van der Waals surface area contributed by atoms with Crippen LogP contribution in [0, 0.1) is 11.6 Å². The lowest BCUT2D eigenvalue weighted by atomic mass is 10.1. The van der Waals surface area contributed by atoms with Gasteiger partial charge in [0.15, 0.2) is 0 Å². The van der Waals surface area contributed by atoms with Crippen molar-refractivity contribution in [1.29, 1.82) is 0 Å². The molecule has 0 aliphatic rings. The highest BCUT2D eigenvalue weighted by atomic mass is 19.1. The molecule has 2 aromatic carbocycles. The zero-order valence-corrected chi connectivity index (χ0v) is 11.8. The van der Waals surface area contributed by atoms with Crippen molar-refractivity contribution in [3.8, 4) is 11.4 Å². The van der Waals surface area contributed by atoms with Crippen LogP contribution in [0.3, 0.4) is 0 Å². The SMILES string of the molecule is NCc1cccc(Cn2ccnc2-c2ccc(F)cc2F)c1. The number of hydrogen-bond acceptors (Lipinski definition) is 2. The van der Waals surface area contributed by atoms with Gasteiger partial charge in [0.25, 0.3) is 0 Å². The van der Waals surface area contributed by atoms with Gasteiger partial charge >= 0.3 is 0 Å². The molecule has 0 unspecified atom stereocenters. The monoisotopic (exact) mass is 299 g/mol. The van der Waals surface area contributed by atoms with Gasteiger partial charge in [0.1, 0.15) is 17.5 Å². The highest BCUT2D eigenvalue weighted by Gasteiger charge is 2.12. The minimum Gasteiger partial charge on any atom is -0.326 e. The molecule has 0 saturated heterocycles. The maximum atomic E-state index is 13.9. The van der Waals surface area contributed by atoms with Gasteiger partial charge in [0.2, 0.25) is 0 Å². The topological polar surface area (TPSA) is 43.8 Å². The normalized spacial score (nSPS) is 10.9. The van der Waals surface area contributed by atoms with E-state index in [0.717, 1.165) is 17.2 Å². The number of hydrogen-bond donors (Lipinski definition) is 1. The van der Waals surface area contributed by atoms with E-state index in [1.165, 1.54) is 12.1 Å². The van der Waals surface area contributed by atoms with Gasteiger partial charge in [0.05, 0.1) is 5.56 Å². The molecule has 112 valence electrons. The Morgan fingerprint density at radius 1 is 1.05 bits per heavy atom. The molecule has 0 aliphatic heterocycles. The van der Waals surface area contributed by atoms with E-state index in [-0.39, 0.29) is 5.56 Å². The molecule has 0 fully saturated rings. The van der Waals surface area contributed by atoms with Crippen molar-refractivity contribution in [2.75, 3.05) is 0 Å². The summed E-state index contributed by atoms with van der Waals surface area (Å²) in [6.07, 6.45) is 3.37. The van der Waals surface area contributed by atoms with Crippen LogP contribution in [-0.2, 0) is 13.1 Å². The van der Waals surface area contributed by atoms with Crippen LogP contribution in [0.2, 0.25) is 0 Å². The molecule has 22 heavy (non-hydrogen) atoms. The minimum absolute atomic E-state index is 0.279. The van der Waals surface area contributed by atoms with Crippen LogP contribution in [0.15, 0.2) is 54.9 Å². The van der Waals surface area contributed by atoms with Crippen molar-refractivity contribution in [2.45, 2.75) is 13.1 Å². The maximum Gasteiger partial charge on any atom is 0.143 e. The predicted octanol–water partition coefficient (Wildman–Crippen LogP) is 3.34. The van der Waals surface area contributed by atoms with Gasteiger partial charge in [0, 0.05) is 31.5 Å². The summed E-state index contributed by atoms with van der Waals surface area (Å²) >= 11 is 0. The molecule has 0 bridgehead atoms. The maximum absolute atomic E-state index is 13.9. The summed E-state index contributed by atoms with van der Waals surface area (Å²) in [6.45, 7) is 1.01. The number of benzene rings is 2. The van der Waals surface area contributed by atoms with Gasteiger partial charge in [-0.2, -0.15) is 0 Å². The van der Waals surface area contributed by atoms with Gasteiger partial charge in [-0.1, -0.05) is 24.3 Å². The Kier molecular flexibility index (Phi) is 3.98. The number of imidazole rings is 1. The molecule has 3 nitrogen and oxygen atoms in total. The quantitative estimate of drug-likeness (QED) is 0.803. The second-order valence-corrected chi connectivity index (χ2v) is 5.03. The van der Waals surface area contributed by atoms with Gasteiger partial charge in [-0.15, -0.1) is 0 Å². The van der Waals surface area contributed by atoms with Crippen molar-refractivity contribution >= 4 is 0 Å². The van der Waals surface area contributed by atoms with E-state index in [4.69, 9.17) is 5.73 Å². The van der Waals surface area contributed by atoms with Gasteiger partial charge < -0.3 is 10.3 Å².